The van der Waals surface area contributed by atoms with Crippen molar-refractivity contribution in [2.45, 2.75) is 6.54 Å². The van der Waals surface area contributed by atoms with E-state index in [4.69, 9.17) is 0 Å². The summed E-state index contributed by atoms with van der Waals surface area (Å²) in [6, 6.07) is 9.19. The van der Waals surface area contributed by atoms with E-state index in [9.17, 15) is 4.79 Å². The third-order valence-corrected chi connectivity index (χ3v) is 2.74. The molecule has 1 amide bonds. The minimum absolute atomic E-state index is 0.122. The average Bonchev–Trinajstić information content (AvgIpc) is 2.47. The van der Waals surface area contributed by atoms with E-state index < -0.39 is 0 Å². The first-order valence-electron chi connectivity index (χ1n) is 6.00. The standard InChI is InChI=1S/C14H16N4O/c1-15-11-6-8-17-13(9-11)14(19)18(2)10-12-5-3-4-7-16-12/h3-9H,10H2,1-2H3,(H,15,17). The fourth-order valence-electron chi connectivity index (χ4n) is 1.71. The lowest BCUT2D eigenvalue weighted by Crippen LogP contribution is -2.27. The lowest BCUT2D eigenvalue weighted by molar-refractivity contribution is 0.0777. The van der Waals surface area contributed by atoms with Crippen LogP contribution in [0.1, 0.15) is 16.2 Å². The Bertz CT molecular complexity index is 556. The molecule has 2 heterocycles. The average molecular weight is 256 g/mol. The van der Waals surface area contributed by atoms with Crippen molar-refractivity contribution in [1.82, 2.24) is 14.9 Å². The lowest BCUT2D eigenvalue weighted by atomic mass is 10.2. The fraction of sp³-hybridized carbons (Fsp3) is 0.214. The molecule has 1 N–H and O–H groups in total. The van der Waals surface area contributed by atoms with Gasteiger partial charge in [-0.2, -0.15) is 0 Å². The molecule has 0 aliphatic heterocycles. The Kier molecular flexibility index (Phi) is 4.07. The topological polar surface area (TPSA) is 58.1 Å². The van der Waals surface area contributed by atoms with Crippen molar-refractivity contribution >= 4 is 11.6 Å². The predicted molar refractivity (Wildman–Crippen MR) is 73.8 cm³/mol. The van der Waals surface area contributed by atoms with E-state index in [1.807, 2.05) is 24.3 Å². The minimum atomic E-state index is -0.122. The second kappa shape index (κ2) is 5.95. The van der Waals surface area contributed by atoms with Gasteiger partial charge in [-0.25, -0.2) is 0 Å². The Morgan fingerprint density at radius 1 is 1.26 bits per heavy atom. The molecule has 2 rings (SSSR count). The maximum absolute atomic E-state index is 12.2. The smallest absolute Gasteiger partial charge is 0.272 e. The number of rotatable bonds is 4. The summed E-state index contributed by atoms with van der Waals surface area (Å²) in [5.74, 6) is -0.122. The second-order valence-electron chi connectivity index (χ2n) is 4.16. The van der Waals surface area contributed by atoms with E-state index in [2.05, 4.69) is 15.3 Å². The number of amides is 1. The molecule has 5 heteroatoms. The summed E-state index contributed by atoms with van der Waals surface area (Å²) in [4.78, 5) is 22.1. The summed E-state index contributed by atoms with van der Waals surface area (Å²) in [7, 11) is 3.55. The number of carbonyl (C=O) groups excluding carboxylic acids is 1. The van der Waals surface area contributed by atoms with Gasteiger partial charge < -0.3 is 10.2 Å². The van der Waals surface area contributed by atoms with E-state index in [-0.39, 0.29) is 5.91 Å². The SMILES string of the molecule is CNc1ccnc(C(=O)N(C)Cc2ccccn2)c1. The van der Waals surface area contributed by atoms with Gasteiger partial charge >= 0.3 is 0 Å². The summed E-state index contributed by atoms with van der Waals surface area (Å²) < 4.78 is 0. The van der Waals surface area contributed by atoms with Gasteiger partial charge in [-0.1, -0.05) is 6.07 Å². The predicted octanol–water partition coefficient (Wildman–Crippen LogP) is 1.79. The van der Waals surface area contributed by atoms with Gasteiger partial charge in [0.05, 0.1) is 12.2 Å². The molecule has 0 spiro atoms. The highest BCUT2D eigenvalue weighted by Crippen LogP contribution is 2.10. The first-order chi connectivity index (χ1) is 9.20. The van der Waals surface area contributed by atoms with Gasteiger partial charge in [-0.05, 0) is 24.3 Å². The molecule has 0 bridgehead atoms. The summed E-state index contributed by atoms with van der Waals surface area (Å²) in [5, 5.41) is 2.99. The second-order valence-corrected chi connectivity index (χ2v) is 4.16. The van der Waals surface area contributed by atoms with Crippen molar-refractivity contribution in [3.05, 3.63) is 54.1 Å². The molecule has 5 nitrogen and oxygen atoms in total. The Hall–Kier alpha value is -2.43. The van der Waals surface area contributed by atoms with E-state index in [0.29, 0.717) is 12.2 Å². The van der Waals surface area contributed by atoms with Crippen LogP contribution in [0.15, 0.2) is 42.7 Å². The van der Waals surface area contributed by atoms with Gasteiger partial charge in [0, 0.05) is 32.2 Å². The monoisotopic (exact) mass is 256 g/mol. The largest absolute Gasteiger partial charge is 0.388 e. The summed E-state index contributed by atoms with van der Waals surface area (Å²) in [6.45, 7) is 0.463. The third-order valence-electron chi connectivity index (χ3n) is 2.74. The van der Waals surface area contributed by atoms with Gasteiger partial charge in [-0.15, -0.1) is 0 Å². The van der Waals surface area contributed by atoms with Gasteiger partial charge in [0.15, 0.2) is 0 Å². The maximum atomic E-state index is 12.2. The zero-order chi connectivity index (χ0) is 13.7. The number of hydrogen-bond donors (Lipinski definition) is 1. The van der Waals surface area contributed by atoms with Gasteiger partial charge in [0.1, 0.15) is 5.69 Å². The van der Waals surface area contributed by atoms with Crippen LogP contribution in [-0.4, -0.2) is 34.9 Å². The molecular formula is C14H16N4O. The van der Waals surface area contributed by atoms with Crippen LogP contribution in [0, 0.1) is 0 Å². The van der Waals surface area contributed by atoms with E-state index in [0.717, 1.165) is 11.4 Å². The molecule has 0 atom stereocenters. The van der Waals surface area contributed by atoms with Crippen LogP contribution in [0.4, 0.5) is 5.69 Å². The molecule has 2 aromatic rings. The van der Waals surface area contributed by atoms with Crippen molar-refractivity contribution < 1.29 is 4.79 Å². The van der Waals surface area contributed by atoms with Gasteiger partial charge in [-0.3, -0.25) is 14.8 Å². The fourth-order valence-corrected chi connectivity index (χ4v) is 1.71. The molecule has 0 unspecified atom stereocenters. The lowest BCUT2D eigenvalue weighted by Gasteiger charge is -2.16. The van der Waals surface area contributed by atoms with Gasteiger partial charge in [0.2, 0.25) is 0 Å². The molecule has 0 saturated carbocycles. The minimum Gasteiger partial charge on any atom is -0.388 e. The number of nitrogens with zero attached hydrogens (tertiary/aromatic N) is 3. The zero-order valence-electron chi connectivity index (χ0n) is 11.0. The van der Waals surface area contributed by atoms with Gasteiger partial charge in [0.25, 0.3) is 5.91 Å². The van der Waals surface area contributed by atoms with Crippen molar-refractivity contribution in [2.24, 2.45) is 0 Å². The number of carbonyl (C=O) groups is 1. The van der Waals surface area contributed by atoms with Crippen molar-refractivity contribution in [2.75, 3.05) is 19.4 Å². The van der Waals surface area contributed by atoms with E-state index >= 15 is 0 Å². The molecule has 0 aliphatic carbocycles. The summed E-state index contributed by atoms with van der Waals surface area (Å²) in [6.07, 6.45) is 3.33. The maximum Gasteiger partial charge on any atom is 0.272 e. The number of nitrogens with one attached hydrogen (secondary N) is 1. The highest BCUT2D eigenvalue weighted by molar-refractivity contribution is 5.92. The van der Waals surface area contributed by atoms with Crippen LogP contribution in [0.2, 0.25) is 0 Å². The molecule has 19 heavy (non-hydrogen) atoms. The number of hydrogen-bond acceptors (Lipinski definition) is 4. The van der Waals surface area contributed by atoms with E-state index in [1.165, 1.54) is 0 Å². The molecule has 0 fully saturated rings. The van der Waals surface area contributed by atoms with Crippen LogP contribution >= 0.6 is 0 Å². The third kappa shape index (κ3) is 3.28. The number of pyridine rings is 2. The summed E-state index contributed by atoms with van der Waals surface area (Å²) in [5.41, 5.74) is 2.14. The summed E-state index contributed by atoms with van der Waals surface area (Å²) >= 11 is 0. The molecular weight excluding hydrogens is 240 g/mol. The van der Waals surface area contributed by atoms with Crippen LogP contribution < -0.4 is 5.32 Å². The highest BCUT2D eigenvalue weighted by Gasteiger charge is 2.14. The van der Waals surface area contributed by atoms with Crippen LogP contribution in [0.3, 0.4) is 0 Å². The normalized spacial score (nSPS) is 10.0. The zero-order valence-corrected chi connectivity index (χ0v) is 11.0. The molecule has 2 aromatic heterocycles. The molecule has 0 radical (unpaired) electrons. The first-order valence-corrected chi connectivity index (χ1v) is 6.00. The van der Waals surface area contributed by atoms with Crippen molar-refractivity contribution in [3.8, 4) is 0 Å². The molecule has 0 aliphatic rings. The first kappa shape index (κ1) is 13.0. The molecule has 0 aromatic carbocycles. The molecule has 98 valence electrons. The van der Waals surface area contributed by atoms with E-state index in [1.54, 1.807) is 37.5 Å². The molecule has 0 saturated heterocycles. The highest BCUT2D eigenvalue weighted by atomic mass is 16.2. The van der Waals surface area contributed by atoms with Crippen LogP contribution in [0.5, 0.6) is 0 Å². The van der Waals surface area contributed by atoms with Crippen molar-refractivity contribution in [3.63, 3.8) is 0 Å². The number of aromatic nitrogens is 2. The van der Waals surface area contributed by atoms with Crippen molar-refractivity contribution in [1.29, 1.82) is 0 Å². The Labute approximate surface area is 112 Å². The Morgan fingerprint density at radius 3 is 2.79 bits per heavy atom. The van der Waals surface area contributed by atoms with Crippen LogP contribution in [-0.2, 0) is 6.54 Å². The Balaban J connectivity index is 2.10. The Morgan fingerprint density at radius 2 is 2.11 bits per heavy atom. The quantitative estimate of drug-likeness (QED) is 0.906. The van der Waals surface area contributed by atoms with Crippen LogP contribution in [0.25, 0.3) is 0 Å². The number of anilines is 1.